The van der Waals surface area contributed by atoms with Gasteiger partial charge in [0.25, 0.3) is 5.91 Å². The number of esters is 1. The van der Waals surface area contributed by atoms with Gasteiger partial charge in [0.05, 0.1) is 5.69 Å². The van der Waals surface area contributed by atoms with E-state index < -0.39 is 5.97 Å². The number of ether oxygens (including phenoxy) is 2. The minimum atomic E-state index is -0.614. The summed E-state index contributed by atoms with van der Waals surface area (Å²) in [5.41, 5.74) is 6.11. The smallest absolute Gasteiger partial charge is 0.344 e. The molecular weight excluding hydrogens is 272 g/mol. The van der Waals surface area contributed by atoms with E-state index in [1.807, 2.05) is 13.8 Å². The third-order valence-electron chi connectivity index (χ3n) is 2.76. The normalized spacial score (nSPS) is 11.5. The van der Waals surface area contributed by atoms with Crippen LogP contribution in [0.15, 0.2) is 24.3 Å². The standard InChI is InChI=1S/C15H22N2O4/c1-3-6-11(2)17-14(18)9-21-15(19)10-20-13-8-5-4-7-12(13)16/h4-5,7-8,11H,3,6,9-10,16H2,1-2H3,(H,17,18). The van der Waals surface area contributed by atoms with Crippen LogP contribution in [0.25, 0.3) is 0 Å². The van der Waals surface area contributed by atoms with Crippen molar-refractivity contribution in [2.75, 3.05) is 18.9 Å². The van der Waals surface area contributed by atoms with Gasteiger partial charge in [0.2, 0.25) is 0 Å². The Bertz CT molecular complexity index is 476. The molecule has 3 N–H and O–H groups in total. The average molecular weight is 294 g/mol. The van der Waals surface area contributed by atoms with Crippen molar-refractivity contribution in [2.24, 2.45) is 0 Å². The van der Waals surface area contributed by atoms with Crippen LogP contribution >= 0.6 is 0 Å². The molecule has 21 heavy (non-hydrogen) atoms. The monoisotopic (exact) mass is 294 g/mol. The summed E-state index contributed by atoms with van der Waals surface area (Å²) in [6.45, 7) is 3.35. The first-order valence-corrected chi connectivity index (χ1v) is 6.95. The van der Waals surface area contributed by atoms with Gasteiger partial charge in [0.1, 0.15) is 5.75 Å². The molecule has 6 nitrogen and oxygen atoms in total. The third kappa shape index (κ3) is 6.65. The van der Waals surface area contributed by atoms with Gasteiger partial charge in [0, 0.05) is 6.04 Å². The maximum absolute atomic E-state index is 11.5. The maximum Gasteiger partial charge on any atom is 0.344 e. The second kappa shape index (κ2) is 8.84. The lowest BCUT2D eigenvalue weighted by Gasteiger charge is -2.13. The number of hydrogen-bond donors (Lipinski definition) is 2. The maximum atomic E-state index is 11.5. The first kappa shape index (κ1) is 16.8. The fourth-order valence-electron chi connectivity index (χ4n) is 1.76. The Balaban J connectivity index is 2.25. The van der Waals surface area contributed by atoms with E-state index in [-0.39, 0.29) is 25.2 Å². The Morgan fingerprint density at radius 3 is 2.67 bits per heavy atom. The summed E-state index contributed by atoms with van der Waals surface area (Å²) < 4.78 is 10.0. The Morgan fingerprint density at radius 1 is 1.29 bits per heavy atom. The molecule has 0 saturated heterocycles. The van der Waals surface area contributed by atoms with E-state index in [9.17, 15) is 9.59 Å². The quantitative estimate of drug-likeness (QED) is 0.560. The van der Waals surface area contributed by atoms with Crippen molar-refractivity contribution in [3.63, 3.8) is 0 Å². The second-order valence-electron chi connectivity index (χ2n) is 4.74. The number of nitrogens with one attached hydrogen (secondary N) is 1. The van der Waals surface area contributed by atoms with Gasteiger partial charge in [-0.25, -0.2) is 4.79 Å². The van der Waals surface area contributed by atoms with Crippen molar-refractivity contribution in [1.82, 2.24) is 5.32 Å². The average Bonchev–Trinajstić information content (AvgIpc) is 2.44. The summed E-state index contributed by atoms with van der Waals surface area (Å²) in [5, 5.41) is 2.74. The minimum Gasteiger partial charge on any atom is -0.480 e. The summed E-state index contributed by atoms with van der Waals surface area (Å²) in [6.07, 6.45) is 1.86. The predicted octanol–water partition coefficient (Wildman–Crippen LogP) is 1.50. The molecule has 116 valence electrons. The lowest BCUT2D eigenvalue weighted by atomic mass is 10.2. The van der Waals surface area contributed by atoms with Crippen LogP contribution in [-0.2, 0) is 14.3 Å². The molecule has 0 aliphatic carbocycles. The van der Waals surface area contributed by atoms with Crippen molar-refractivity contribution < 1.29 is 19.1 Å². The summed E-state index contributed by atoms with van der Waals surface area (Å²) in [7, 11) is 0. The van der Waals surface area contributed by atoms with E-state index in [4.69, 9.17) is 15.2 Å². The number of carbonyl (C=O) groups excluding carboxylic acids is 2. The number of benzene rings is 1. The Kier molecular flexibility index (Phi) is 7.08. The van der Waals surface area contributed by atoms with E-state index >= 15 is 0 Å². The fourth-order valence-corrected chi connectivity index (χ4v) is 1.76. The van der Waals surface area contributed by atoms with Gasteiger partial charge in [-0.1, -0.05) is 25.5 Å². The molecule has 0 saturated carbocycles. The molecule has 0 radical (unpaired) electrons. The number of rotatable bonds is 8. The van der Waals surface area contributed by atoms with Gasteiger partial charge in [-0.15, -0.1) is 0 Å². The van der Waals surface area contributed by atoms with Crippen LogP contribution in [0.1, 0.15) is 26.7 Å². The van der Waals surface area contributed by atoms with Crippen LogP contribution in [-0.4, -0.2) is 31.1 Å². The molecule has 1 rings (SSSR count). The molecule has 1 aromatic rings. The largest absolute Gasteiger partial charge is 0.480 e. The molecule has 0 aliphatic rings. The molecule has 1 amide bonds. The van der Waals surface area contributed by atoms with Crippen molar-refractivity contribution >= 4 is 17.6 Å². The summed E-state index contributed by atoms with van der Waals surface area (Å²) in [6, 6.07) is 6.91. The molecule has 0 bridgehead atoms. The summed E-state index contributed by atoms with van der Waals surface area (Å²) in [4.78, 5) is 23.0. The summed E-state index contributed by atoms with van der Waals surface area (Å²) in [5.74, 6) is -0.518. The van der Waals surface area contributed by atoms with E-state index in [0.717, 1.165) is 12.8 Å². The van der Waals surface area contributed by atoms with Crippen LogP contribution in [0.5, 0.6) is 5.75 Å². The molecule has 6 heteroatoms. The zero-order valence-electron chi connectivity index (χ0n) is 12.4. The minimum absolute atomic E-state index is 0.0709. The number of para-hydroxylation sites is 2. The number of nitrogen functional groups attached to an aromatic ring is 1. The van der Waals surface area contributed by atoms with Gasteiger partial charge in [0.15, 0.2) is 13.2 Å². The van der Waals surface area contributed by atoms with Gasteiger partial charge in [-0.3, -0.25) is 4.79 Å². The van der Waals surface area contributed by atoms with Crippen molar-refractivity contribution in [3.05, 3.63) is 24.3 Å². The highest BCUT2D eigenvalue weighted by Crippen LogP contribution is 2.19. The second-order valence-corrected chi connectivity index (χ2v) is 4.74. The number of hydrogen-bond acceptors (Lipinski definition) is 5. The molecule has 0 spiro atoms. The zero-order chi connectivity index (χ0) is 15.7. The molecule has 1 aromatic carbocycles. The van der Waals surface area contributed by atoms with Crippen molar-refractivity contribution in [2.45, 2.75) is 32.7 Å². The highest BCUT2D eigenvalue weighted by atomic mass is 16.6. The first-order chi connectivity index (χ1) is 10.0. The summed E-state index contributed by atoms with van der Waals surface area (Å²) >= 11 is 0. The SMILES string of the molecule is CCCC(C)NC(=O)COC(=O)COc1ccccc1N. The molecule has 0 fully saturated rings. The van der Waals surface area contributed by atoms with Crippen LogP contribution in [0, 0.1) is 0 Å². The Labute approximate surface area is 124 Å². The first-order valence-electron chi connectivity index (χ1n) is 6.95. The van der Waals surface area contributed by atoms with E-state index in [1.165, 1.54) is 0 Å². The van der Waals surface area contributed by atoms with Gasteiger partial charge in [-0.2, -0.15) is 0 Å². The van der Waals surface area contributed by atoms with E-state index in [1.54, 1.807) is 24.3 Å². The molecule has 0 heterocycles. The number of nitrogens with two attached hydrogens (primary N) is 1. The van der Waals surface area contributed by atoms with Crippen LogP contribution in [0.4, 0.5) is 5.69 Å². The number of amides is 1. The molecule has 1 unspecified atom stereocenters. The van der Waals surface area contributed by atoms with Crippen molar-refractivity contribution in [3.8, 4) is 5.75 Å². The van der Waals surface area contributed by atoms with Crippen LogP contribution in [0.3, 0.4) is 0 Å². The van der Waals surface area contributed by atoms with Crippen LogP contribution in [0.2, 0.25) is 0 Å². The van der Waals surface area contributed by atoms with E-state index in [0.29, 0.717) is 11.4 Å². The number of anilines is 1. The van der Waals surface area contributed by atoms with Gasteiger partial charge < -0.3 is 20.5 Å². The molecule has 1 atom stereocenters. The molecule has 0 aromatic heterocycles. The third-order valence-corrected chi connectivity index (χ3v) is 2.76. The zero-order valence-corrected chi connectivity index (χ0v) is 12.4. The lowest BCUT2D eigenvalue weighted by Crippen LogP contribution is -2.36. The topological polar surface area (TPSA) is 90.6 Å². The molecular formula is C15H22N2O4. The van der Waals surface area contributed by atoms with Crippen molar-refractivity contribution in [1.29, 1.82) is 0 Å². The lowest BCUT2D eigenvalue weighted by molar-refractivity contribution is -0.150. The number of carbonyl (C=O) groups is 2. The Hall–Kier alpha value is -2.24. The van der Waals surface area contributed by atoms with Crippen LogP contribution < -0.4 is 15.8 Å². The highest BCUT2D eigenvalue weighted by Gasteiger charge is 2.11. The van der Waals surface area contributed by atoms with E-state index in [2.05, 4.69) is 5.32 Å². The van der Waals surface area contributed by atoms with Gasteiger partial charge in [-0.05, 0) is 25.5 Å². The van der Waals surface area contributed by atoms with Gasteiger partial charge >= 0.3 is 5.97 Å². The Morgan fingerprint density at radius 2 is 2.00 bits per heavy atom. The highest BCUT2D eigenvalue weighted by molar-refractivity contribution is 5.81. The predicted molar refractivity (Wildman–Crippen MR) is 79.8 cm³/mol. The fraction of sp³-hybridized carbons (Fsp3) is 0.467. The molecule has 0 aliphatic heterocycles.